The molecule has 1 aliphatic heterocycles. The van der Waals surface area contributed by atoms with Gasteiger partial charge in [-0.15, -0.1) is 0 Å². The Kier molecular flexibility index (Phi) is 5.70. The molecule has 4 N–H and O–H groups in total. The second-order valence-electron chi connectivity index (χ2n) is 8.05. The minimum Gasteiger partial charge on any atom is -0.495 e. The molecule has 3 aromatic rings. The number of carbonyl (C=O) groups is 1. The van der Waals surface area contributed by atoms with Crippen molar-refractivity contribution in [2.24, 2.45) is 12.8 Å². The fourth-order valence-corrected chi connectivity index (χ4v) is 3.91. The van der Waals surface area contributed by atoms with Crippen LogP contribution in [0.25, 0.3) is 0 Å². The lowest BCUT2D eigenvalue weighted by molar-refractivity contribution is 0.100. The minimum atomic E-state index is -0.618. The van der Waals surface area contributed by atoms with Gasteiger partial charge in [0.1, 0.15) is 17.1 Å². The third-order valence-corrected chi connectivity index (χ3v) is 5.78. The Balaban J connectivity index is 1.70. The molecule has 1 aromatic carbocycles. The summed E-state index contributed by atoms with van der Waals surface area (Å²) in [5, 5.41) is 10.8. The van der Waals surface area contributed by atoms with E-state index in [0.717, 1.165) is 42.3 Å². The molecule has 0 aliphatic carbocycles. The number of primary amides is 1. The number of rotatable bonds is 6. The predicted molar refractivity (Wildman–Crippen MR) is 123 cm³/mol. The average Bonchev–Trinajstić information content (AvgIpc) is 2.99. The monoisotopic (exact) mass is 436 g/mol. The van der Waals surface area contributed by atoms with E-state index in [9.17, 15) is 4.79 Å². The van der Waals surface area contributed by atoms with Gasteiger partial charge in [-0.25, -0.2) is 4.98 Å². The fourth-order valence-electron chi connectivity index (χ4n) is 3.91. The van der Waals surface area contributed by atoms with Crippen LogP contribution in [0.5, 0.6) is 5.75 Å². The summed E-state index contributed by atoms with van der Waals surface area (Å²) in [5.74, 6) is 0.724. The molecule has 10 heteroatoms. The van der Waals surface area contributed by atoms with Gasteiger partial charge >= 0.3 is 0 Å². The minimum absolute atomic E-state index is 0.192. The van der Waals surface area contributed by atoms with Gasteiger partial charge in [-0.2, -0.15) is 10.1 Å². The number of anilines is 4. The summed E-state index contributed by atoms with van der Waals surface area (Å²) >= 11 is 0. The normalized spacial score (nSPS) is 13.5. The molecule has 4 rings (SSSR count). The molecule has 0 atom stereocenters. The summed E-state index contributed by atoms with van der Waals surface area (Å²) in [5.41, 5.74) is 11.5. The van der Waals surface area contributed by atoms with Crippen molar-refractivity contribution in [1.29, 1.82) is 0 Å². The van der Waals surface area contributed by atoms with Crippen LogP contribution in [0, 0.1) is 13.8 Å². The number of hydrogen-bond donors (Lipinski definition) is 3. The van der Waals surface area contributed by atoms with Crippen molar-refractivity contribution < 1.29 is 9.53 Å². The Morgan fingerprint density at radius 2 is 1.97 bits per heavy atom. The van der Waals surface area contributed by atoms with E-state index in [1.165, 1.54) is 17.3 Å². The lowest BCUT2D eigenvalue weighted by atomic mass is 9.99. The zero-order chi connectivity index (χ0) is 23.0. The number of benzene rings is 1. The number of carbonyl (C=O) groups excluding carboxylic acids is 1. The number of fused-ring (bicyclic) bond motifs is 1. The second kappa shape index (κ2) is 8.46. The van der Waals surface area contributed by atoms with Crippen molar-refractivity contribution in [2.75, 3.05) is 31.3 Å². The summed E-state index contributed by atoms with van der Waals surface area (Å²) in [6.07, 6.45) is 2.39. The first-order chi connectivity index (χ1) is 15.3. The maximum absolute atomic E-state index is 12.0. The van der Waals surface area contributed by atoms with E-state index in [4.69, 9.17) is 10.5 Å². The summed E-state index contributed by atoms with van der Waals surface area (Å²) < 4.78 is 7.36. The number of ether oxygens (including phenoxy) is 1. The van der Waals surface area contributed by atoms with Gasteiger partial charge < -0.3 is 26.0 Å². The maximum atomic E-state index is 12.0. The smallest absolute Gasteiger partial charge is 0.254 e. The standard InChI is InChI=1S/C22H28N8O2/c1-12-19(13(2)30(4)28-12)26-21-16(20(23)31)10-24-22(27-21)25-17-8-15-11-29(3)7-6-14(15)9-18(17)32-5/h8-10H,6-7,11H2,1-5H3,(H2,23,31)(H2,24,25,26,27). The third-order valence-electron chi connectivity index (χ3n) is 5.78. The third kappa shape index (κ3) is 4.09. The summed E-state index contributed by atoms with van der Waals surface area (Å²) in [4.78, 5) is 23.1. The van der Waals surface area contributed by atoms with Gasteiger partial charge in [0, 0.05) is 26.3 Å². The Hall–Kier alpha value is -3.66. The van der Waals surface area contributed by atoms with Crippen LogP contribution < -0.4 is 21.1 Å². The first-order valence-electron chi connectivity index (χ1n) is 10.4. The van der Waals surface area contributed by atoms with E-state index >= 15 is 0 Å². The van der Waals surface area contributed by atoms with Crippen molar-refractivity contribution in [1.82, 2.24) is 24.6 Å². The first-order valence-corrected chi connectivity index (χ1v) is 10.4. The van der Waals surface area contributed by atoms with E-state index in [2.05, 4.69) is 49.8 Å². The number of aryl methyl sites for hydroxylation is 2. The highest BCUT2D eigenvalue weighted by molar-refractivity contribution is 5.98. The Morgan fingerprint density at radius 3 is 2.62 bits per heavy atom. The molecular weight excluding hydrogens is 408 g/mol. The molecule has 0 spiro atoms. The number of aromatic nitrogens is 4. The van der Waals surface area contributed by atoms with Crippen molar-refractivity contribution in [2.45, 2.75) is 26.8 Å². The van der Waals surface area contributed by atoms with Crippen LogP contribution in [-0.4, -0.2) is 51.3 Å². The molecule has 1 amide bonds. The van der Waals surface area contributed by atoms with Gasteiger partial charge in [0.05, 0.1) is 29.9 Å². The van der Waals surface area contributed by atoms with Crippen LogP contribution in [0.15, 0.2) is 18.3 Å². The molecule has 3 heterocycles. The highest BCUT2D eigenvalue weighted by atomic mass is 16.5. The van der Waals surface area contributed by atoms with E-state index in [1.807, 2.05) is 20.9 Å². The van der Waals surface area contributed by atoms with Gasteiger partial charge in [-0.05, 0) is 50.6 Å². The summed E-state index contributed by atoms with van der Waals surface area (Å²) in [7, 11) is 5.60. The quantitative estimate of drug-likeness (QED) is 0.538. The SMILES string of the molecule is COc1cc2c(cc1Nc1ncc(C(N)=O)c(Nc3c(C)nn(C)c3C)n1)CN(C)CC2. The lowest BCUT2D eigenvalue weighted by Gasteiger charge is -2.26. The summed E-state index contributed by atoms with van der Waals surface area (Å²) in [6, 6.07) is 4.13. The number of nitrogens with one attached hydrogen (secondary N) is 2. The summed E-state index contributed by atoms with van der Waals surface area (Å²) in [6.45, 7) is 5.70. The molecule has 0 radical (unpaired) electrons. The topological polar surface area (TPSA) is 123 Å². The number of hydrogen-bond acceptors (Lipinski definition) is 8. The number of amides is 1. The zero-order valence-electron chi connectivity index (χ0n) is 19.0. The molecule has 1 aliphatic rings. The van der Waals surface area contributed by atoms with Crippen LogP contribution in [0.4, 0.5) is 23.1 Å². The van der Waals surface area contributed by atoms with Gasteiger partial charge in [-0.1, -0.05) is 0 Å². The van der Waals surface area contributed by atoms with Crippen LogP contribution in [0.2, 0.25) is 0 Å². The first kappa shape index (κ1) is 21.6. The molecule has 0 saturated heterocycles. The van der Waals surface area contributed by atoms with Crippen molar-refractivity contribution in [3.05, 3.63) is 46.4 Å². The Morgan fingerprint density at radius 1 is 1.19 bits per heavy atom. The van der Waals surface area contributed by atoms with Crippen LogP contribution in [-0.2, 0) is 20.0 Å². The molecule has 0 fully saturated rings. The van der Waals surface area contributed by atoms with Gasteiger partial charge in [0.25, 0.3) is 5.91 Å². The van der Waals surface area contributed by atoms with E-state index in [0.29, 0.717) is 17.5 Å². The molecule has 10 nitrogen and oxygen atoms in total. The molecule has 32 heavy (non-hydrogen) atoms. The highest BCUT2D eigenvalue weighted by Crippen LogP contribution is 2.33. The number of methoxy groups -OCH3 is 1. The molecular formula is C22H28N8O2. The average molecular weight is 437 g/mol. The van der Waals surface area contributed by atoms with Crippen molar-refractivity contribution in [3.63, 3.8) is 0 Å². The van der Waals surface area contributed by atoms with E-state index in [-0.39, 0.29) is 5.56 Å². The zero-order valence-corrected chi connectivity index (χ0v) is 19.0. The molecule has 0 bridgehead atoms. The fraction of sp³-hybridized carbons (Fsp3) is 0.364. The van der Waals surface area contributed by atoms with Crippen LogP contribution >= 0.6 is 0 Å². The molecule has 2 aromatic heterocycles. The number of nitrogens with two attached hydrogens (primary N) is 1. The largest absolute Gasteiger partial charge is 0.495 e. The van der Waals surface area contributed by atoms with Crippen molar-refractivity contribution in [3.8, 4) is 5.75 Å². The number of likely N-dealkylation sites (N-methyl/N-ethyl adjacent to an activating group) is 1. The van der Waals surface area contributed by atoms with Crippen LogP contribution in [0.1, 0.15) is 32.9 Å². The lowest BCUT2D eigenvalue weighted by Crippen LogP contribution is -2.26. The number of nitrogens with zero attached hydrogens (tertiary/aromatic N) is 5. The highest BCUT2D eigenvalue weighted by Gasteiger charge is 2.19. The Labute approximate surface area is 186 Å². The van der Waals surface area contributed by atoms with E-state index in [1.54, 1.807) is 11.8 Å². The maximum Gasteiger partial charge on any atom is 0.254 e. The molecule has 0 saturated carbocycles. The van der Waals surface area contributed by atoms with E-state index < -0.39 is 5.91 Å². The van der Waals surface area contributed by atoms with Crippen LogP contribution in [0.3, 0.4) is 0 Å². The predicted octanol–water partition coefficient (Wildman–Crippen LogP) is 2.41. The molecule has 168 valence electrons. The second-order valence-corrected chi connectivity index (χ2v) is 8.05. The van der Waals surface area contributed by atoms with Crippen molar-refractivity contribution >= 4 is 29.0 Å². The van der Waals surface area contributed by atoms with Gasteiger partial charge in [-0.3, -0.25) is 9.48 Å². The Bertz CT molecular complexity index is 1190. The van der Waals surface area contributed by atoms with Gasteiger partial charge in [0.2, 0.25) is 5.95 Å². The molecule has 0 unspecified atom stereocenters. The van der Waals surface area contributed by atoms with Gasteiger partial charge in [0.15, 0.2) is 0 Å².